The molecule has 1 N–H and O–H groups in total. The molecule has 25 heavy (non-hydrogen) atoms. The van der Waals surface area contributed by atoms with Crippen molar-refractivity contribution in [2.24, 2.45) is 0 Å². The average molecular weight is 336 g/mol. The second-order valence-electron chi connectivity index (χ2n) is 6.56. The van der Waals surface area contributed by atoms with Gasteiger partial charge in [0.25, 0.3) is 5.91 Å². The number of nitrogens with zero attached hydrogens (tertiary/aromatic N) is 3. The summed E-state index contributed by atoms with van der Waals surface area (Å²) in [6.45, 7) is 3.19. The summed E-state index contributed by atoms with van der Waals surface area (Å²) in [5.41, 5.74) is 1.78. The number of likely N-dealkylation sites (tertiary alicyclic amines) is 1. The van der Waals surface area contributed by atoms with Gasteiger partial charge in [0.15, 0.2) is 0 Å². The van der Waals surface area contributed by atoms with Crippen LogP contribution in [0.5, 0.6) is 0 Å². The molecule has 1 fully saturated rings. The lowest BCUT2D eigenvalue weighted by Gasteiger charge is -2.32. The quantitative estimate of drug-likeness (QED) is 0.782. The van der Waals surface area contributed by atoms with Crippen LogP contribution in [-0.2, 0) is 0 Å². The minimum atomic E-state index is -0.207. The van der Waals surface area contributed by atoms with Gasteiger partial charge in [0, 0.05) is 37.1 Å². The van der Waals surface area contributed by atoms with E-state index in [-0.39, 0.29) is 22.9 Å². The van der Waals surface area contributed by atoms with Crippen LogP contribution >= 0.6 is 0 Å². The van der Waals surface area contributed by atoms with Crippen LogP contribution in [0.25, 0.3) is 10.9 Å². The Morgan fingerprint density at radius 2 is 2.20 bits per heavy atom. The zero-order chi connectivity index (χ0) is 17.4. The van der Waals surface area contributed by atoms with Gasteiger partial charge in [-0.05, 0) is 37.5 Å². The van der Waals surface area contributed by atoms with E-state index in [1.54, 1.807) is 23.4 Å². The Morgan fingerprint density at radius 3 is 3.00 bits per heavy atom. The Morgan fingerprint density at radius 1 is 1.32 bits per heavy atom. The summed E-state index contributed by atoms with van der Waals surface area (Å²) in [5.74, 6) is -0.207. The Hall–Kier alpha value is -2.89. The van der Waals surface area contributed by atoms with Crippen molar-refractivity contribution < 1.29 is 4.79 Å². The highest BCUT2D eigenvalue weighted by molar-refractivity contribution is 5.97. The van der Waals surface area contributed by atoms with E-state index in [1.807, 2.05) is 36.0 Å². The highest BCUT2D eigenvalue weighted by Gasteiger charge is 2.27. The summed E-state index contributed by atoms with van der Waals surface area (Å²) in [6.07, 6.45) is 7.11. The van der Waals surface area contributed by atoms with Crippen LogP contribution in [0.4, 0.5) is 0 Å². The number of hydrogen-bond acceptors (Lipinski definition) is 3. The number of aromatic nitrogens is 3. The van der Waals surface area contributed by atoms with Gasteiger partial charge in [-0.3, -0.25) is 14.3 Å². The van der Waals surface area contributed by atoms with E-state index >= 15 is 0 Å². The minimum Gasteiger partial charge on any atom is -0.360 e. The summed E-state index contributed by atoms with van der Waals surface area (Å²) in [5, 5.41) is 4.85. The smallest absolute Gasteiger partial charge is 0.259 e. The summed E-state index contributed by atoms with van der Waals surface area (Å²) < 4.78 is 1.90. The van der Waals surface area contributed by atoms with E-state index in [4.69, 9.17) is 0 Å². The molecule has 0 unspecified atom stereocenters. The number of pyridine rings is 1. The molecule has 1 saturated heterocycles. The lowest BCUT2D eigenvalue weighted by atomic mass is 10.0. The van der Waals surface area contributed by atoms with Gasteiger partial charge in [0.2, 0.25) is 5.43 Å². The van der Waals surface area contributed by atoms with Crippen molar-refractivity contribution in [3.05, 3.63) is 64.2 Å². The van der Waals surface area contributed by atoms with Crippen LogP contribution in [0, 0.1) is 6.92 Å². The second kappa shape index (κ2) is 6.20. The number of aromatic amines is 1. The van der Waals surface area contributed by atoms with Gasteiger partial charge in [-0.1, -0.05) is 12.1 Å². The predicted molar refractivity (Wildman–Crippen MR) is 95.7 cm³/mol. The van der Waals surface area contributed by atoms with Crippen LogP contribution in [0.2, 0.25) is 0 Å². The summed E-state index contributed by atoms with van der Waals surface area (Å²) >= 11 is 0. The van der Waals surface area contributed by atoms with E-state index in [0.29, 0.717) is 18.5 Å². The molecule has 0 spiro atoms. The summed E-state index contributed by atoms with van der Waals surface area (Å²) in [7, 11) is 0. The highest BCUT2D eigenvalue weighted by Crippen LogP contribution is 2.22. The molecule has 128 valence electrons. The first-order chi connectivity index (χ1) is 12.1. The Bertz CT molecular complexity index is 975. The molecule has 1 aliphatic rings. The van der Waals surface area contributed by atoms with Crippen molar-refractivity contribution in [1.82, 2.24) is 19.7 Å². The number of hydrogen-bond donors (Lipinski definition) is 1. The molecule has 1 amide bonds. The van der Waals surface area contributed by atoms with Crippen LogP contribution in [0.3, 0.4) is 0 Å². The number of rotatable bonds is 2. The highest BCUT2D eigenvalue weighted by atomic mass is 16.2. The number of aryl methyl sites for hydroxylation is 1. The maximum absolute atomic E-state index is 12.9. The van der Waals surface area contributed by atoms with Crippen molar-refractivity contribution in [3.8, 4) is 0 Å². The van der Waals surface area contributed by atoms with Crippen LogP contribution < -0.4 is 5.43 Å². The van der Waals surface area contributed by atoms with Gasteiger partial charge in [0.05, 0.1) is 11.6 Å². The van der Waals surface area contributed by atoms with Crippen molar-refractivity contribution in [2.45, 2.75) is 25.8 Å². The fourth-order valence-electron chi connectivity index (χ4n) is 3.58. The fraction of sp³-hybridized carbons (Fsp3) is 0.316. The molecule has 1 aromatic carbocycles. The Kier molecular flexibility index (Phi) is 3.87. The minimum absolute atomic E-state index is 0.162. The van der Waals surface area contributed by atoms with Crippen molar-refractivity contribution in [1.29, 1.82) is 0 Å². The van der Waals surface area contributed by atoms with E-state index in [9.17, 15) is 9.59 Å². The molecule has 6 nitrogen and oxygen atoms in total. The monoisotopic (exact) mass is 336 g/mol. The normalized spacial score (nSPS) is 17.8. The molecule has 1 atom stereocenters. The number of amides is 1. The van der Waals surface area contributed by atoms with E-state index in [0.717, 1.165) is 23.9 Å². The average Bonchev–Trinajstić information content (AvgIpc) is 3.17. The maximum atomic E-state index is 12.9. The van der Waals surface area contributed by atoms with Crippen LogP contribution in [0.15, 0.2) is 47.7 Å². The molecule has 4 rings (SSSR count). The Balaban J connectivity index is 1.66. The number of benzene rings is 1. The first kappa shape index (κ1) is 15.6. The molecule has 6 heteroatoms. The maximum Gasteiger partial charge on any atom is 0.259 e. The first-order valence-corrected chi connectivity index (χ1v) is 8.54. The molecular weight excluding hydrogens is 316 g/mol. The van der Waals surface area contributed by atoms with Gasteiger partial charge in [-0.15, -0.1) is 0 Å². The van der Waals surface area contributed by atoms with Gasteiger partial charge in [0.1, 0.15) is 5.56 Å². The predicted octanol–water partition coefficient (Wildman–Crippen LogP) is 2.51. The number of H-pyrrole nitrogens is 1. The Labute approximate surface area is 145 Å². The van der Waals surface area contributed by atoms with Crippen molar-refractivity contribution >= 4 is 16.8 Å². The van der Waals surface area contributed by atoms with Gasteiger partial charge in [-0.25, -0.2) is 0 Å². The molecule has 1 aliphatic heterocycles. The summed E-state index contributed by atoms with van der Waals surface area (Å²) in [6, 6.07) is 7.60. The molecule has 0 aliphatic carbocycles. The molecule has 3 aromatic rings. The number of carbonyl (C=O) groups excluding carboxylic acids is 1. The van der Waals surface area contributed by atoms with E-state index in [2.05, 4.69) is 10.1 Å². The van der Waals surface area contributed by atoms with Crippen LogP contribution in [-0.4, -0.2) is 38.7 Å². The zero-order valence-electron chi connectivity index (χ0n) is 14.1. The second-order valence-corrected chi connectivity index (χ2v) is 6.56. The fourth-order valence-corrected chi connectivity index (χ4v) is 3.58. The lowest BCUT2D eigenvalue weighted by Crippen LogP contribution is -2.42. The lowest BCUT2D eigenvalue weighted by molar-refractivity contribution is 0.0671. The molecule has 0 radical (unpaired) electrons. The number of nitrogens with one attached hydrogen (secondary N) is 1. The molecule has 0 saturated carbocycles. The number of piperidine rings is 1. The largest absolute Gasteiger partial charge is 0.360 e. The molecule has 0 bridgehead atoms. The van der Waals surface area contributed by atoms with Gasteiger partial charge in [-0.2, -0.15) is 5.10 Å². The number of carbonyl (C=O) groups is 1. The molecular formula is C19H20N4O2. The topological polar surface area (TPSA) is 71.0 Å². The third kappa shape index (κ3) is 2.73. The number of fused-ring (bicyclic) bond motifs is 1. The SMILES string of the molecule is Cc1cccc2c(=O)c(C(=O)N3CCC[C@@H](n4cccn4)C3)c[nH]c12. The van der Waals surface area contributed by atoms with Gasteiger partial charge >= 0.3 is 0 Å². The van der Waals surface area contributed by atoms with E-state index in [1.165, 1.54) is 0 Å². The molecule has 2 aromatic heterocycles. The third-order valence-electron chi connectivity index (χ3n) is 4.94. The zero-order valence-corrected chi connectivity index (χ0v) is 14.1. The van der Waals surface area contributed by atoms with Gasteiger partial charge < -0.3 is 9.88 Å². The van der Waals surface area contributed by atoms with Crippen molar-refractivity contribution in [3.63, 3.8) is 0 Å². The standard InChI is InChI=1S/C19H20N4O2/c1-13-5-2-7-15-17(13)20-11-16(18(15)24)19(25)22-9-3-6-14(12-22)23-10-4-8-21-23/h2,4-5,7-8,10-11,14H,3,6,9,12H2,1H3,(H,20,24)/t14-/m1/s1. The molecule has 3 heterocycles. The first-order valence-electron chi connectivity index (χ1n) is 8.54. The third-order valence-corrected chi connectivity index (χ3v) is 4.94. The van der Waals surface area contributed by atoms with Crippen molar-refractivity contribution in [2.75, 3.05) is 13.1 Å². The summed E-state index contributed by atoms with van der Waals surface area (Å²) in [4.78, 5) is 30.6. The van der Waals surface area contributed by atoms with E-state index < -0.39 is 0 Å². The number of para-hydroxylation sites is 1. The van der Waals surface area contributed by atoms with Crippen LogP contribution in [0.1, 0.15) is 34.8 Å².